The second kappa shape index (κ2) is 6.56. The van der Waals surface area contributed by atoms with E-state index in [0.29, 0.717) is 25.6 Å². The zero-order valence-corrected chi connectivity index (χ0v) is 11.6. The number of nitrogens with zero attached hydrogens (tertiary/aromatic N) is 2. The minimum atomic E-state index is -0.350. The molecule has 1 aromatic rings. The van der Waals surface area contributed by atoms with E-state index in [1.54, 1.807) is 6.07 Å². The molecule has 0 spiro atoms. The zero-order valence-electron chi connectivity index (χ0n) is 11.6. The van der Waals surface area contributed by atoms with Crippen molar-refractivity contribution < 1.29 is 14.3 Å². The summed E-state index contributed by atoms with van der Waals surface area (Å²) in [6.07, 6.45) is 2.80. The summed E-state index contributed by atoms with van der Waals surface area (Å²) < 4.78 is 18.6. The van der Waals surface area contributed by atoms with Crippen molar-refractivity contribution in [2.75, 3.05) is 13.7 Å². The molecule has 5 nitrogen and oxygen atoms in total. The third-order valence-corrected chi connectivity index (χ3v) is 3.45. The smallest absolute Gasteiger partial charge is 0.165 e. The average molecular weight is 281 g/mol. The van der Waals surface area contributed by atoms with Crippen LogP contribution in [0.3, 0.4) is 0 Å². The van der Waals surface area contributed by atoms with E-state index in [4.69, 9.17) is 15.7 Å². The van der Waals surface area contributed by atoms with Gasteiger partial charge in [0.15, 0.2) is 11.6 Å². The van der Waals surface area contributed by atoms with Gasteiger partial charge in [-0.05, 0) is 30.5 Å². The molecule has 1 saturated carbocycles. The van der Waals surface area contributed by atoms with Crippen LogP contribution in [-0.2, 0) is 6.54 Å². The molecule has 1 aromatic carbocycles. The monoisotopic (exact) mass is 281 g/mol. The maximum Gasteiger partial charge on any atom is 0.165 e. The van der Waals surface area contributed by atoms with Crippen molar-refractivity contribution in [2.24, 2.45) is 10.9 Å². The molecule has 110 valence electrons. The lowest BCUT2D eigenvalue weighted by Crippen LogP contribution is -2.29. The number of ether oxygens (including phenoxy) is 1. The van der Waals surface area contributed by atoms with Crippen molar-refractivity contribution >= 4 is 5.84 Å². The van der Waals surface area contributed by atoms with E-state index in [0.717, 1.165) is 18.4 Å². The fraction of sp³-hybridized carbons (Fsp3) is 0.500. The minimum absolute atomic E-state index is 0.219. The van der Waals surface area contributed by atoms with Crippen molar-refractivity contribution in [1.29, 1.82) is 0 Å². The number of amidine groups is 1. The summed E-state index contributed by atoms with van der Waals surface area (Å²) in [4.78, 5) is 2.24. The lowest BCUT2D eigenvalue weighted by molar-refractivity contribution is 0.259. The van der Waals surface area contributed by atoms with E-state index in [2.05, 4.69) is 10.1 Å². The summed E-state index contributed by atoms with van der Waals surface area (Å²) in [7, 11) is 1.45. The first-order chi connectivity index (χ1) is 9.63. The summed E-state index contributed by atoms with van der Waals surface area (Å²) in [6.45, 7) is 1.36. The van der Waals surface area contributed by atoms with Crippen molar-refractivity contribution in [1.82, 2.24) is 4.90 Å². The highest BCUT2D eigenvalue weighted by atomic mass is 19.1. The van der Waals surface area contributed by atoms with Crippen LogP contribution in [-0.4, -0.2) is 35.6 Å². The van der Waals surface area contributed by atoms with E-state index >= 15 is 0 Å². The highest BCUT2D eigenvalue weighted by Gasteiger charge is 2.28. The summed E-state index contributed by atoms with van der Waals surface area (Å²) in [5, 5.41) is 11.5. The van der Waals surface area contributed by atoms with Crippen molar-refractivity contribution in [3.63, 3.8) is 0 Å². The standard InChI is InChI=1S/C14H20FN3O2/c1-20-13-5-2-10(8-12(13)15)9-18(11-3-4-11)7-6-14(16)17-19/h2,5,8,11,19H,3-4,6-7,9H2,1H3,(H2,16,17). The molecule has 0 amide bonds. The number of rotatable bonds is 7. The molecule has 0 heterocycles. The van der Waals surface area contributed by atoms with Crippen LogP contribution >= 0.6 is 0 Å². The van der Waals surface area contributed by atoms with Gasteiger partial charge in [-0.25, -0.2) is 4.39 Å². The van der Waals surface area contributed by atoms with Crippen LogP contribution in [0, 0.1) is 5.82 Å². The Balaban J connectivity index is 1.99. The van der Waals surface area contributed by atoms with E-state index in [-0.39, 0.29) is 17.4 Å². The highest BCUT2D eigenvalue weighted by molar-refractivity contribution is 5.79. The fourth-order valence-corrected chi connectivity index (χ4v) is 2.18. The van der Waals surface area contributed by atoms with E-state index in [1.165, 1.54) is 13.2 Å². The van der Waals surface area contributed by atoms with Gasteiger partial charge in [-0.3, -0.25) is 4.90 Å². The molecule has 0 saturated heterocycles. The van der Waals surface area contributed by atoms with Gasteiger partial charge in [-0.15, -0.1) is 0 Å². The molecule has 0 radical (unpaired) electrons. The van der Waals surface area contributed by atoms with Crippen LogP contribution in [0.15, 0.2) is 23.4 Å². The van der Waals surface area contributed by atoms with E-state index in [1.807, 2.05) is 6.07 Å². The minimum Gasteiger partial charge on any atom is -0.494 e. The molecule has 2 rings (SSSR count). The van der Waals surface area contributed by atoms with Crippen LogP contribution in [0.4, 0.5) is 4.39 Å². The Kier molecular flexibility index (Phi) is 4.79. The van der Waals surface area contributed by atoms with Crippen molar-refractivity contribution in [2.45, 2.75) is 31.8 Å². The third-order valence-electron chi connectivity index (χ3n) is 3.45. The van der Waals surface area contributed by atoms with Gasteiger partial charge in [0.2, 0.25) is 0 Å². The molecule has 1 aliphatic carbocycles. The van der Waals surface area contributed by atoms with Gasteiger partial charge in [0, 0.05) is 25.6 Å². The lowest BCUT2D eigenvalue weighted by Gasteiger charge is -2.22. The number of oxime groups is 1. The van der Waals surface area contributed by atoms with Crippen molar-refractivity contribution in [3.8, 4) is 5.75 Å². The lowest BCUT2D eigenvalue weighted by atomic mass is 10.2. The van der Waals surface area contributed by atoms with Crippen molar-refractivity contribution in [3.05, 3.63) is 29.6 Å². The number of hydrogen-bond acceptors (Lipinski definition) is 4. The van der Waals surface area contributed by atoms with E-state index < -0.39 is 0 Å². The Bertz CT molecular complexity index is 489. The molecule has 0 atom stereocenters. The number of nitrogens with two attached hydrogens (primary N) is 1. The molecular weight excluding hydrogens is 261 g/mol. The Morgan fingerprint density at radius 2 is 2.30 bits per heavy atom. The molecule has 0 unspecified atom stereocenters. The Morgan fingerprint density at radius 3 is 2.85 bits per heavy atom. The summed E-state index contributed by atoms with van der Waals surface area (Å²) in [5.74, 6) is 0.122. The SMILES string of the molecule is COc1ccc(CN(CCC(N)=NO)C2CC2)cc1F. The quantitative estimate of drug-likeness (QED) is 0.347. The molecular formula is C14H20FN3O2. The first kappa shape index (κ1) is 14.6. The van der Waals surface area contributed by atoms with Crippen LogP contribution in [0.5, 0.6) is 5.75 Å². The predicted molar refractivity (Wildman–Crippen MR) is 74.4 cm³/mol. The molecule has 6 heteroatoms. The maximum atomic E-state index is 13.7. The molecule has 0 bridgehead atoms. The molecule has 3 N–H and O–H groups in total. The first-order valence-corrected chi connectivity index (χ1v) is 6.67. The second-order valence-electron chi connectivity index (χ2n) is 5.01. The van der Waals surface area contributed by atoms with Gasteiger partial charge in [0.05, 0.1) is 7.11 Å². The largest absolute Gasteiger partial charge is 0.494 e. The summed E-state index contributed by atoms with van der Waals surface area (Å²) in [6, 6.07) is 5.52. The number of benzene rings is 1. The molecule has 1 fully saturated rings. The third kappa shape index (κ3) is 3.84. The molecule has 1 aliphatic rings. The van der Waals surface area contributed by atoms with Gasteiger partial charge >= 0.3 is 0 Å². The highest BCUT2D eigenvalue weighted by Crippen LogP contribution is 2.29. The maximum absolute atomic E-state index is 13.7. The molecule has 20 heavy (non-hydrogen) atoms. The first-order valence-electron chi connectivity index (χ1n) is 6.67. The Labute approximate surface area is 117 Å². The summed E-state index contributed by atoms with van der Waals surface area (Å²) >= 11 is 0. The van der Waals surface area contributed by atoms with E-state index in [9.17, 15) is 4.39 Å². The average Bonchev–Trinajstić information content (AvgIpc) is 3.27. The normalized spacial score (nSPS) is 15.7. The van der Waals surface area contributed by atoms with Gasteiger partial charge in [-0.1, -0.05) is 11.2 Å². The zero-order chi connectivity index (χ0) is 14.5. The summed E-state index contributed by atoms with van der Waals surface area (Å²) in [5.41, 5.74) is 6.39. The topological polar surface area (TPSA) is 71.1 Å². The van der Waals surface area contributed by atoms with Gasteiger partial charge in [0.25, 0.3) is 0 Å². The Morgan fingerprint density at radius 1 is 1.55 bits per heavy atom. The van der Waals surface area contributed by atoms with Crippen LogP contribution in [0.25, 0.3) is 0 Å². The predicted octanol–water partition coefficient (Wildman–Crippen LogP) is 1.94. The van der Waals surface area contributed by atoms with Gasteiger partial charge in [-0.2, -0.15) is 0 Å². The molecule has 0 aliphatic heterocycles. The number of methoxy groups -OCH3 is 1. The fourth-order valence-electron chi connectivity index (χ4n) is 2.18. The number of hydrogen-bond donors (Lipinski definition) is 2. The van der Waals surface area contributed by atoms with Crippen LogP contribution in [0.2, 0.25) is 0 Å². The number of halogens is 1. The van der Waals surface area contributed by atoms with Gasteiger partial charge < -0.3 is 15.7 Å². The Hall–Kier alpha value is -1.82. The second-order valence-corrected chi connectivity index (χ2v) is 5.01. The van der Waals surface area contributed by atoms with Crippen LogP contribution < -0.4 is 10.5 Å². The molecule has 0 aromatic heterocycles. The van der Waals surface area contributed by atoms with Crippen LogP contribution in [0.1, 0.15) is 24.8 Å². The van der Waals surface area contributed by atoms with Gasteiger partial charge in [0.1, 0.15) is 5.84 Å².